The van der Waals surface area contributed by atoms with E-state index in [1.807, 2.05) is 39.0 Å². The van der Waals surface area contributed by atoms with Crippen molar-refractivity contribution >= 4 is 23.4 Å². The van der Waals surface area contributed by atoms with E-state index in [1.165, 1.54) is 0 Å². The molecule has 0 saturated carbocycles. The molecular formula is C18H27ClN2O2. The van der Waals surface area contributed by atoms with Crippen LogP contribution in [0.3, 0.4) is 0 Å². The van der Waals surface area contributed by atoms with Crippen molar-refractivity contribution in [3.8, 4) is 0 Å². The van der Waals surface area contributed by atoms with E-state index in [9.17, 15) is 9.59 Å². The van der Waals surface area contributed by atoms with Gasteiger partial charge in [0.25, 0.3) is 0 Å². The van der Waals surface area contributed by atoms with Crippen molar-refractivity contribution in [2.45, 2.75) is 53.1 Å². The maximum atomic E-state index is 12.4. The standard InChI is InChI=1S/C18H27ClN2O2/c1-5-7-17(22)21(12-15-8-6-9-16(19)10-15)14(4)18(23)20-11-13(2)3/h6,8-10,13-14H,5,7,11-12H2,1-4H3,(H,20,23). The van der Waals surface area contributed by atoms with Gasteiger partial charge in [0.1, 0.15) is 6.04 Å². The highest BCUT2D eigenvalue weighted by atomic mass is 35.5. The fourth-order valence-electron chi connectivity index (χ4n) is 2.22. The van der Waals surface area contributed by atoms with E-state index >= 15 is 0 Å². The van der Waals surface area contributed by atoms with E-state index in [1.54, 1.807) is 17.9 Å². The lowest BCUT2D eigenvalue weighted by atomic mass is 10.1. The monoisotopic (exact) mass is 338 g/mol. The van der Waals surface area contributed by atoms with Crippen LogP contribution >= 0.6 is 11.6 Å². The Kier molecular flexibility index (Phi) is 8.10. The summed E-state index contributed by atoms with van der Waals surface area (Å²) in [5.74, 6) is 0.240. The van der Waals surface area contributed by atoms with Crippen molar-refractivity contribution < 1.29 is 9.59 Å². The minimum Gasteiger partial charge on any atom is -0.354 e. The number of amides is 2. The van der Waals surface area contributed by atoms with Crippen LogP contribution in [0.15, 0.2) is 24.3 Å². The van der Waals surface area contributed by atoms with Gasteiger partial charge in [-0.15, -0.1) is 0 Å². The molecule has 1 aromatic rings. The number of nitrogens with one attached hydrogen (secondary N) is 1. The van der Waals surface area contributed by atoms with Crippen molar-refractivity contribution in [3.05, 3.63) is 34.9 Å². The summed E-state index contributed by atoms with van der Waals surface area (Å²) in [4.78, 5) is 26.4. The molecule has 5 heteroatoms. The largest absolute Gasteiger partial charge is 0.354 e. The van der Waals surface area contributed by atoms with Gasteiger partial charge < -0.3 is 10.2 Å². The minimum absolute atomic E-state index is 0.0142. The van der Waals surface area contributed by atoms with Gasteiger partial charge in [-0.05, 0) is 37.0 Å². The maximum absolute atomic E-state index is 12.4. The number of nitrogens with zero attached hydrogens (tertiary/aromatic N) is 1. The summed E-state index contributed by atoms with van der Waals surface area (Å²) in [6, 6.07) is 6.88. The van der Waals surface area contributed by atoms with Crippen LogP contribution < -0.4 is 5.32 Å². The molecule has 0 fully saturated rings. The third-order valence-electron chi connectivity index (χ3n) is 3.56. The molecule has 1 atom stereocenters. The first-order valence-corrected chi connectivity index (χ1v) is 8.54. The molecule has 0 aliphatic carbocycles. The summed E-state index contributed by atoms with van der Waals surface area (Å²) < 4.78 is 0. The van der Waals surface area contributed by atoms with Gasteiger partial charge in [-0.2, -0.15) is 0 Å². The molecule has 1 N–H and O–H groups in total. The lowest BCUT2D eigenvalue weighted by molar-refractivity contribution is -0.140. The summed E-state index contributed by atoms with van der Waals surface area (Å²) in [6.45, 7) is 8.80. The molecule has 2 amide bonds. The molecule has 1 aromatic carbocycles. The van der Waals surface area contributed by atoms with Crippen molar-refractivity contribution in [3.63, 3.8) is 0 Å². The Balaban J connectivity index is 2.86. The smallest absolute Gasteiger partial charge is 0.242 e. The fourth-order valence-corrected chi connectivity index (χ4v) is 2.44. The SMILES string of the molecule is CCCC(=O)N(Cc1cccc(Cl)c1)C(C)C(=O)NCC(C)C. The van der Waals surface area contributed by atoms with Crippen molar-refractivity contribution in [1.29, 1.82) is 0 Å². The van der Waals surface area contributed by atoms with Crippen molar-refractivity contribution in [2.24, 2.45) is 5.92 Å². The summed E-state index contributed by atoms with van der Waals surface area (Å²) in [5.41, 5.74) is 0.922. The average Bonchev–Trinajstić information content (AvgIpc) is 2.49. The third-order valence-corrected chi connectivity index (χ3v) is 3.79. The Labute approximate surface area is 144 Å². The summed E-state index contributed by atoms with van der Waals surface area (Å²) in [6.07, 6.45) is 1.19. The molecule has 23 heavy (non-hydrogen) atoms. The van der Waals surface area contributed by atoms with Crippen LogP contribution in [0.25, 0.3) is 0 Å². The van der Waals surface area contributed by atoms with Gasteiger partial charge in [-0.1, -0.05) is 44.5 Å². The van der Waals surface area contributed by atoms with Crippen LogP contribution in [0.4, 0.5) is 0 Å². The van der Waals surface area contributed by atoms with E-state index in [0.717, 1.165) is 12.0 Å². The molecule has 128 valence electrons. The minimum atomic E-state index is -0.508. The van der Waals surface area contributed by atoms with Crippen LogP contribution in [0.5, 0.6) is 0 Å². The van der Waals surface area contributed by atoms with Gasteiger partial charge in [-0.3, -0.25) is 9.59 Å². The summed E-state index contributed by atoms with van der Waals surface area (Å²) in [5, 5.41) is 3.52. The van der Waals surface area contributed by atoms with Gasteiger partial charge >= 0.3 is 0 Å². The Morgan fingerprint density at radius 1 is 1.26 bits per heavy atom. The second kappa shape index (κ2) is 9.56. The number of hydrogen-bond donors (Lipinski definition) is 1. The van der Waals surface area contributed by atoms with Gasteiger partial charge in [0.15, 0.2) is 0 Å². The molecule has 0 aliphatic heterocycles. The highest BCUT2D eigenvalue weighted by molar-refractivity contribution is 6.30. The lowest BCUT2D eigenvalue weighted by Crippen LogP contribution is -2.48. The second-order valence-electron chi connectivity index (χ2n) is 6.22. The molecule has 4 nitrogen and oxygen atoms in total. The first-order valence-electron chi connectivity index (χ1n) is 8.16. The summed E-state index contributed by atoms with van der Waals surface area (Å²) in [7, 11) is 0. The summed E-state index contributed by atoms with van der Waals surface area (Å²) >= 11 is 6.01. The zero-order chi connectivity index (χ0) is 17.4. The molecule has 0 radical (unpaired) electrons. The lowest BCUT2D eigenvalue weighted by Gasteiger charge is -2.29. The molecule has 0 spiro atoms. The molecule has 1 unspecified atom stereocenters. The first kappa shape index (κ1) is 19.5. The van der Waals surface area contributed by atoms with Crippen molar-refractivity contribution in [2.75, 3.05) is 6.54 Å². The third kappa shape index (κ3) is 6.61. The number of carbonyl (C=O) groups is 2. The second-order valence-corrected chi connectivity index (χ2v) is 6.65. The Bertz CT molecular complexity index is 532. The van der Waals surface area contributed by atoms with Gasteiger partial charge in [0.2, 0.25) is 11.8 Å². The quantitative estimate of drug-likeness (QED) is 0.786. The maximum Gasteiger partial charge on any atom is 0.242 e. The molecule has 0 aliphatic rings. The number of halogens is 1. The predicted octanol–water partition coefficient (Wildman–Crippen LogP) is 3.63. The number of hydrogen-bond acceptors (Lipinski definition) is 2. The molecule has 0 aromatic heterocycles. The molecular weight excluding hydrogens is 312 g/mol. The van der Waals surface area contributed by atoms with E-state index in [0.29, 0.717) is 30.5 Å². The van der Waals surface area contributed by atoms with Gasteiger partial charge in [0.05, 0.1) is 0 Å². The predicted molar refractivity (Wildman–Crippen MR) is 94.2 cm³/mol. The number of carbonyl (C=O) groups excluding carboxylic acids is 2. The van der Waals surface area contributed by atoms with E-state index in [2.05, 4.69) is 5.32 Å². The van der Waals surface area contributed by atoms with Crippen molar-refractivity contribution in [1.82, 2.24) is 10.2 Å². The number of benzene rings is 1. The van der Waals surface area contributed by atoms with Crippen LogP contribution in [-0.2, 0) is 16.1 Å². The van der Waals surface area contributed by atoms with E-state index in [-0.39, 0.29) is 11.8 Å². The molecule has 1 rings (SSSR count). The molecule has 0 bridgehead atoms. The Morgan fingerprint density at radius 3 is 2.52 bits per heavy atom. The Morgan fingerprint density at radius 2 is 1.96 bits per heavy atom. The van der Waals surface area contributed by atoms with Crippen LogP contribution in [0.2, 0.25) is 5.02 Å². The fraction of sp³-hybridized carbons (Fsp3) is 0.556. The zero-order valence-electron chi connectivity index (χ0n) is 14.4. The van der Waals surface area contributed by atoms with E-state index < -0.39 is 6.04 Å². The van der Waals surface area contributed by atoms with Crippen LogP contribution in [0, 0.1) is 5.92 Å². The molecule has 0 heterocycles. The van der Waals surface area contributed by atoms with E-state index in [4.69, 9.17) is 11.6 Å². The van der Waals surface area contributed by atoms with Crippen LogP contribution in [-0.4, -0.2) is 29.3 Å². The van der Waals surface area contributed by atoms with Gasteiger partial charge in [0, 0.05) is 24.5 Å². The zero-order valence-corrected chi connectivity index (χ0v) is 15.2. The number of rotatable bonds is 8. The highest BCUT2D eigenvalue weighted by Gasteiger charge is 2.25. The van der Waals surface area contributed by atoms with Crippen LogP contribution in [0.1, 0.15) is 46.1 Å². The highest BCUT2D eigenvalue weighted by Crippen LogP contribution is 2.15. The topological polar surface area (TPSA) is 49.4 Å². The normalized spacial score (nSPS) is 12.1. The van der Waals surface area contributed by atoms with Gasteiger partial charge in [-0.25, -0.2) is 0 Å². The molecule has 0 saturated heterocycles. The first-order chi connectivity index (χ1) is 10.8. The Hall–Kier alpha value is -1.55. The average molecular weight is 339 g/mol.